The van der Waals surface area contributed by atoms with Crippen LogP contribution in [-0.2, 0) is 43.1 Å². The van der Waals surface area contributed by atoms with Crippen molar-refractivity contribution < 1.29 is 139 Å². The second-order valence-electron chi connectivity index (χ2n) is 26.5. The molecular formula is C65H130Br2Cl2N12O11. The van der Waals surface area contributed by atoms with Crippen molar-refractivity contribution in [1.29, 1.82) is 0 Å². The molecule has 0 spiro atoms. The lowest BCUT2D eigenvalue weighted by Crippen LogP contribution is -3.00. The number of rotatable bonds is 30. The van der Waals surface area contributed by atoms with Gasteiger partial charge in [-0.15, -0.1) is 0 Å². The number of carboxylic acid groups (broad SMARTS) is 2. The highest BCUT2D eigenvalue weighted by molar-refractivity contribution is 5.92. The summed E-state index contributed by atoms with van der Waals surface area (Å²) in [5.41, 5.74) is 1.15. The number of nitrogens with zero attached hydrogens (tertiary/aromatic N) is 6. The monoisotopic (exact) mass is 1480 g/mol. The molecule has 6 amide bonds. The van der Waals surface area contributed by atoms with Crippen LogP contribution in [0.4, 0.5) is 0 Å². The van der Waals surface area contributed by atoms with Crippen molar-refractivity contribution in [2.24, 2.45) is 0 Å². The summed E-state index contributed by atoms with van der Waals surface area (Å²) in [4.78, 5) is 83.1. The first-order valence-corrected chi connectivity index (χ1v) is 30.7. The molecule has 6 N–H and O–H groups in total. The van der Waals surface area contributed by atoms with E-state index in [9.17, 15) is 28.8 Å². The number of quaternary nitrogens is 6. The SMILES string of the molecule is C=C(C)C(=O)NCCC[N+](C)(C)C.C=C(C)C(=O)NCCC[N+](C)(C)C.C=CC(=O)NCCC[N+](C)(C)C.C=CC(=O)NCCC[N+](C)(C)C.C=CC(=O)NCCC[N+]1(C)CCCCC1.C=CC(=O)NCCC[N+]1(C)CCOCC1.CC(=O)[O-].CC(=O)[O-].[Br-].[Br-].[Cl-].[Cl-]. The number of amides is 6. The number of hydrogen-bond donors (Lipinski definition) is 6. The van der Waals surface area contributed by atoms with Crippen molar-refractivity contribution in [2.45, 2.75) is 85.5 Å². The molecule has 0 aromatic carbocycles. The van der Waals surface area contributed by atoms with E-state index in [2.05, 4.69) is 170 Å². The number of piperidine rings is 1. The maximum atomic E-state index is 11.1. The van der Waals surface area contributed by atoms with Crippen molar-refractivity contribution in [1.82, 2.24) is 31.9 Å². The molecule has 2 fully saturated rings. The molecule has 0 aromatic rings. The fourth-order valence-corrected chi connectivity index (χ4v) is 7.48. The molecule has 2 heterocycles. The van der Waals surface area contributed by atoms with Crippen LogP contribution in [0.25, 0.3) is 0 Å². The molecular weight excluding hydrogens is 1360 g/mol. The van der Waals surface area contributed by atoms with Gasteiger partial charge in [0.15, 0.2) is 0 Å². The number of hydrogen-bond acceptors (Lipinski definition) is 11. The maximum Gasteiger partial charge on any atom is 0.246 e. The molecule has 92 heavy (non-hydrogen) atoms. The first-order chi connectivity index (χ1) is 40.4. The highest BCUT2D eigenvalue weighted by atomic mass is 79.9. The highest BCUT2D eigenvalue weighted by Crippen LogP contribution is 2.16. The third-order valence-corrected chi connectivity index (χ3v) is 12.5. The largest absolute Gasteiger partial charge is 1.00 e. The summed E-state index contributed by atoms with van der Waals surface area (Å²) in [7, 11) is 30.2. The number of nitrogens with one attached hydrogen (secondary N) is 6. The number of morpholine rings is 1. The Balaban J connectivity index is -0.000000106. The van der Waals surface area contributed by atoms with E-state index < -0.39 is 11.9 Å². The number of halogens is 4. The first-order valence-electron chi connectivity index (χ1n) is 30.7. The van der Waals surface area contributed by atoms with Crippen molar-refractivity contribution in [2.75, 3.05) is 217 Å². The molecule has 0 saturated carbocycles. The summed E-state index contributed by atoms with van der Waals surface area (Å²) in [6.45, 7) is 43.6. The second kappa shape index (κ2) is 63.8. The van der Waals surface area contributed by atoms with Gasteiger partial charge in [-0.2, -0.15) is 0 Å². The van der Waals surface area contributed by atoms with Crippen LogP contribution in [0.2, 0.25) is 0 Å². The minimum atomic E-state index is -1.08. The van der Waals surface area contributed by atoms with Gasteiger partial charge in [-0.1, -0.05) is 39.5 Å². The molecule has 0 aliphatic carbocycles. The fourth-order valence-electron chi connectivity index (χ4n) is 7.48. The van der Waals surface area contributed by atoms with Crippen LogP contribution in [0.15, 0.2) is 74.9 Å². The van der Waals surface area contributed by atoms with E-state index in [1.807, 2.05) is 0 Å². The van der Waals surface area contributed by atoms with Crippen molar-refractivity contribution >= 4 is 47.4 Å². The number of carboxylic acids is 2. The minimum absolute atomic E-state index is 0. The van der Waals surface area contributed by atoms with Gasteiger partial charge in [0.2, 0.25) is 35.4 Å². The minimum Gasteiger partial charge on any atom is -1.00 e. The Labute approximate surface area is 591 Å². The van der Waals surface area contributed by atoms with E-state index in [1.165, 1.54) is 67.7 Å². The maximum absolute atomic E-state index is 11.1. The topological polar surface area (TPSA) is 264 Å². The second-order valence-corrected chi connectivity index (χ2v) is 26.5. The van der Waals surface area contributed by atoms with E-state index in [-0.39, 0.29) is 94.2 Å². The lowest BCUT2D eigenvalue weighted by atomic mass is 10.1. The van der Waals surface area contributed by atoms with Crippen LogP contribution in [0, 0.1) is 0 Å². The van der Waals surface area contributed by atoms with E-state index in [4.69, 9.17) is 24.5 Å². The normalized spacial score (nSPS) is 12.9. The third kappa shape index (κ3) is 96.6. The predicted octanol–water partition coefficient (Wildman–Crippen LogP) is -10.7. The van der Waals surface area contributed by atoms with Crippen LogP contribution in [0.1, 0.15) is 85.5 Å². The molecule has 0 unspecified atom stereocenters. The molecule has 544 valence electrons. The summed E-state index contributed by atoms with van der Waals surface area (Å²) in [5, 5.41) is 34.5. The average Bonchev–Trinajstić information content (AvgIpc) is 1.90. The van der Waals surface area contributed by atoms with Crippen LogP contribution in [0.5, 0.6) is 0 Å². The van der Waals surface area contributed by atoms with Gasteiger partial charge in [0.05, 0.1) is 164 Å². The van der Waals surface area contributed by atoms with Crippen LogP contribution in [0.3, 0.4) is 0 Å². The van der Waals surface area contributed by atoms with Gasteiger partial charge >= 0.3 is 0 Å². The molecule has 23 nitrogen and oxygen atoms in total. The zero-order valence-electron chi connectivity index (χ0n) is 60.3. The molecule has 0 radical (unpaired) electrons. The Morgan fingerprint density at radius 2 is 0.609 bits per heavy atom. The third-order valence-electron chi connectivity index (χ3n) is 12.5. The van der Waals surface area contributed by atoms with E-state index in [0.717, 1.165) is 173 Å². The Bertz CT molecular complexity index is 1900. The Morgan fingerprint density at radius 3 is 0.815 bits per heavy atom. The van der Waals surface area contributed by atoms with Gasteiger partial charge in [-0.25, -0.2) is 0 Å². The van der Waals surface area contributed by atoms with Crippen molar-refractivity contribution in [3.63, 3.8) is 0 Å². The number of carbonyl (C=O) groups is 8. The van der Waals surface area contributed by atoms with Crippen LogP contribution < -0.4 is 101 Å². The van der Waals surface area contributed by atoms with Gasteiger partial charge in [0.1, 0.15) is 13.1 Å². The van der Waals surface area contributed by atoms with Crippen molar-refractivity contribution in [3.05, 3.63) is 74.9 Å². The molecule has 2 aliphatic rings. The lowest BCUT2D eigenvalue weighted by molar-refractivity contribution is -0.916. The molecule has 2 aliphatic heterocycles. The zero-order valence-corrected chi connectivity index (χ0v) is 65.0. The van der Waals surface area contributed by atoms with Gasteiger partial charge in [-0.3, -0.25) is 28.8 Å². The molecule has 2 saturated heterocycles. The van der Waals surface area contributed by atoms with E-state index >= 15 is 0 Å². The average molecular weight is 1490 g/mol. The number of likely N-dealkylation sites (N-methyl/N-ethyl adjacent to an activating group) is 1. The molecule has 2 rings (SSSR count). The van der Waals surface area contributed by atoms with Gasteiger partial charge in [0.25, 0.3) is 0 Å². The molecule has 27 heteroatoms. The van der Waals surface area contributed by atoms with E-state index in [1.54, 1.807) is 13.8 Å². The predicted molar refractivity (Wildman–Crippen MR) is 355 cm³/mol. The summed E-state index contributed by atoms with van der Waals surface area (Å²) in [5.74, 6) is -2.56. The molecule has 0 atom stereocenters. The molecule has 0 aromatic heterocycles. The highest BCUT2D eigenvalue weighted by Gasteiger charge is 2.25. The molecule has 0 bridgehead atoms. The summed E-state index contributed by atoms with van der Waals surface area (Å²) in [6, 6.07) is 0. The number of likely N-dealkylation sites (tertiary alicyclic amines) is 1. The van der Waals surface area contributed by atoms with Crippen LogP contribution >= 0.6 is 0 Å². The summed E-state index contributed by atoms with van der Waals surface area (Å²) in [6.07, 6.45) is 15.4. The quantitative estimate of drug-likeness (QED) is 0.0224. The number of aliphatic carboxylic acids is 2. The van der Waals surface area contributed by atoms with E-state index in [0.29, 0.717) is 11.1 Å². The zero-order chi connectivity index (χ0) is 69.6. The van der Waals surface area contributed by atoms with Gasteiger partial charge in [0, 0.05) is 101 Å². The van der Waals surface area contributed by atoms with Gasteiger partial charge in [-0.05, 0) is 71.3 Å². The number of ether oxygens (including phenoxy) is 1. The Kier molecular flexibility index (Phi) is 75.6. The van der Waals surface area contributed by atoms with Crippen molar-refractivity contribution in [3.8, 4) is 0 Å². The van der Waals surface area contributed by atoms with Gasteiger partial charge < -0.3 is 142 Å². The first kappa shape index (κ1) is 109. The summed E-state index contributed by atoms with van der Waals surface area (Å²) < 4.78 is 11.3. The smallest absolute Gasteiger partial charge is 0.246 e. The standard InChI is InChI=1S/C12H22N2O.C11H20N2O2.2C10H20N2O.2C9H18N2O.2C2H4O2.2BrH.2ClH/c1-3-12(15)13-8-7-11-14(2)9-5-4-6-10-14;1-3-11(14)12-5-4-6-13(2)7-9-15-10-8-13;2*1-9(2)10(13)11-7-6-8-12(3,4)5;2*1-5-9(12)10-7-6-8-11(2,3)4;2*1-2(3)4;;;;/h3H,1,4-11H2,2H3;3H,1,4-10H2,2H3;2*1,6-8H2,2-5H3;2*5H,1,6-8H2,2-4H3;2*1H3,(H,3,4);4*1H. The number of carbonyl (C=O) groups excluding carboxylic acids is 8. The lowest BCUT2D eigenvalue weighted by Gasteiger charge is -2.37. The summed E-state index contributed by atoms with van der Waals surface area (Å²) >= 11 is 0. The Morgan fingerprint density at radius 1 is 0.402 bits per heavy atom. The Hall–Kier alpha value is -4.54. The fraction of sp³-hybridized carbons (Fsp3) is 0.692. The van der Waals surface area contributed by atoms with Crippen LogP contribution in [-0.4, -0.2) is 291 Å².